The maximum absolute atomic E-state index is 12.5. The third-order valence-electron chi connectivity index (χ3n) is 4.78. The molecule has 0 spiro atoms. The molecule has 0 fully saturated rings. The molecule has 0 atom stereocenters. The molecule has 2 heterocycles. The van der Waals surface area contributed by atoms with Gasteiger partial charge in [0.1, 0.15) is 11.2 Å². The van der Waals surface area contributed by atoms with Gasteiger partial charge in [-0.3, -0.25) is 0 Å². The van der Waals surface area contributed by atoms with Crippen molar-refractivity contribution < 1.29 is 8.83 Å². The largest absolute Gasteiger partial charge is 0.423 e. The Hall–Kier alpha value is -3.92. The zero-order chi connectivity index (χ0) is 19.1. The zero-order valence-corrected chi connectivity index (χ0v) is 14.7. The Morgan fingerprint density at radius 1 is 0.571 bits per heavy atom. The van der Waals surface area contributed by atoms with Gasteiger partial charge >= 0.3 is 11.3 Å². The van der Waals surface area contributed by atoms with E-state index in [1.165, 1.54) is 6.07 Å². The number of hydrogen-bond acceptors (Lipinski definition) is 4. The predicted molar refractivity (Wildman–Crippen MR) is 109 cm³/mol. The molecule has 28 heavy (non-hydrogen) atoms. The van der Waals surface area contributed by atoms with Crippen LogP contribution in [0.4, 0.5) is 0 Å². The van der Waals surface area contributed by atoms with E-state index in [4.69, 9.17) is 8.83 Å². The summed E-state index contributed by atoms with van der Waals surface area (Å²) in [5, 5.41) is 1.61. The van der Waals surface area contributed by atoms with E-state index in [9.17, 15) is 9.59 Å². The number of hydrogen-bond donors (Lipinski definition) is 0. The highest BCUT2D eigenvalue weighted by molar-refractivity contribution is 5.96. The first-order chi connectivity index (χ1) is 13.7. The van der Waals surface area contributed by atoms with Gasteiger partial charge in [0.2, 0.25) is 0 Å². The van der Waals surface area contributed by atoms with Crippen molar-refractivity contribution in [3.05, 3.63) is 106 Å². The second-order valence-corrected chi connectivity index (χ2v) is 6.54. The average Bonchev–Trinajstić information content (AvgIpc) is 2.73. The van der Waals surface area contributed by atoms with E-state index in [0.29, 0.717) is 22.3 Å². The maximum Gasteiger partial charge on any atom is 0.344 e. The Morgan fingerprint density at radius 3 is 2.21 bits per heavy atom. The summed E-state index contributed by atoms with van der Waals surface area (Å²) in [5.41, 5.74) is 3.04. The Labute approximate surface area is 159 Å². The summed E-state index contributed by atoms with van der Waals surface area (Å²) in [6.07, 6.45) is 0. The molecule has 0 aliphatic carbocycles. The molecule has 0 aliphatic rings. The van der Waals surface area contributed by atoms with Crippen molar-refractivity contribution in [1.82, 2.24) is 0 Å². The fourth-order valence-corrected chi connectivity index (χ4v) is 3.45. The van der Waals surface area contributed by atoms with Crippen LogP contribution in [0.3, 0.4) is 0 Å². The van der Waals surface area contributed by atoms with Gasteiger partial charge in [-0.2, -0.15) is 0 Å². The van der Waals surface area contributed by atoms with Crippen molar-refractivity contribution in [3.63, 3.8) is 0 Å². The van der Waals surface area contributed by atoms with Crippen LogP contribution in [0.15, 0.2) is 103 Å². The predicted octanol–water partition coefficient (Wildman–Crippen LogP) is 5.23. The number of para-hydroxylation sites is 1. The van der Waals surface area contributed by atoms with E-state index < -0.39 is 11.3 Å². The second-order valence-electron chi connectivity index (χ2n) is 6.54. The standard InChI is InChI=1S/C24H14O4/c25-23-14-18(15-6-2-1-3-7-15)20-12-16(10-11-22(20)27-23)19-13-17-8-4-5-9-21(17)28-24(19)26/h1-14H. The van der Waals surface area contributed by atoms with Crippen LogP contribution in [0.5, 0.6) is 0 Å². The van der Waals surface area contributed by atoms with Crippen LogP contribution in [0, 0.1) is 0 Å². The number of benzene rings is 3. The van der Waals surface area contributed by atoms with Crippen LogP contribution in [0.1, 0.15) is 0 Å². The Bertz CT molecular complexity index is 1440. The van der Waals surface area contributed by atoms with E-state index in [1.54, 1.807) is 18.2 Å². The van der Waals surface area contributed by atoms with Crippen molar-refractivity contribution >= 4 is 21.9 Å². The summed E-state index contributed by atoms with van der Waals surface area (Å²) in [6.45, 7) is 0. The summed E-state index contributed by atoms with van der Waals surface area (Å²) >= 11 is 0. The number of rotatable bonds is 2. The monoisotopic (exact) mass is 366 g/mol. The highest BCUT2D eigenvalue weighted by Crippen LogP contribution is 2.31. The summed E-state index contributed by atoms with van der Waals surface area (Å²) < 4.78 is 10.8. The normalized spacial score (nSPS) is 11.1. The fraction of sp³-hybridized carbons (Fsp3) is 0. The van der Waals surface area contributed by atoms with Gasteiger partial charge in [-0.15, -0.1) is 0 Å². The molecule has 0 saturated heterocycles. The number of fused-ring (bicyclic) bond motifs is 2. The van der Waals surface area contributed by atoms with Crippen molar-refractivity contribution in [3.8, 4) is 22.3 Å². The molecule has 0 saturated carbocycles. The van der Waals surface area contributed by atoms with Gasteiger partial charge in [-0.05, 0) is 41.0 Å². The molecule has 5 aromatic rings. The average molecular weight is 366 g/mol. The van der Waals surface area contributed by atoms with Gasteiger partial charge in [-0.25, -0.2) is 9.59 Å². The lowest BCUT2D eigenvalue weighted by molar-refractivity contribution is 0.561. The molecule has 3 aromatic carbocycles. The first kappa shape index (κ1) is 16.3. The van der Waals surface area contributed by atoms with Crippen LogP contribution in [-0.2, 0) is 0 Å². The van der Waals surface area contributed by atoms with Gasteiger partial charge in [-0.1, -0.05) is 54.6 Å². The van der Waals surface area contributed by atoms with Crippen molar-refractivity contribution in [2.24, 2.45) is 0 Å². The van der Waals surface area contributed by atoms with Crippen molar-refractivity contribution in [1.29, 1.82) is 0 Å². The van der Waals surface area contributed by atoms with Gasteiger partial charge in [0.05, 0.1) is 5.56 Å². The molecule has 0 N–H and O–H groups in total. The molecule has 5 rings (SSSR count). The summed E-state index contributed by atoms with van der Waals surface area (Å²) in [4.78, 5) is 24.5. The minimum Gasteiger partial charge on any atom is -0.423 e. The van der Waals surface area contributed by atoms with Gasteiger partial charge < -0.3 is 8.83 Å². The lowest BCUT2D eigenvalue weighted by Crippen LogP contribution is -2.03. The van der Waals surface area contributed by atoms with Crippen LogP contribution in [0.25, 0.3) is 44.2 Å². The van der Waals surface area contributed by atoms with Gasteiger partial charge in [0.15, 0.2) is 0 Å². The van der Waals surface area contributed by atoms with Crippen molar-refractivity contribution in [2.45, 2.75) is 0 Å². The minimum atomic E-state index is -0.413. The first-order valence-corrected chi connectivity index (χ1v) is 8.86. The van der Waals surface area contributed by atoms with E-state index in [2.05, 4.69) is 0 Å². The molecule has 0 unspecified atom stereocenters. The molecule has 0 aliphatic heterocycles. The van der Waals surface area contributed by atoms with Crippen LogP contribution in [-0.4, -0.2) is 0 Å². The molecule has 4 heteroatoms. The van der Waals surface area contributed by atoms with E-state index >= 15 is 0 Å². The van der Waals surface area contributed by atoms with Crippen LogP contribution < -0.4 is 11.3 Å². The molecular formula is C24H14O4. The van der Waals surface area contributed by atoms with Crippen LogP contribution >= 0.6 is 0 Å². The molecule has 2 aromatic heterocycles. The third-order valence-corrected chi connectivity index (χ3v) is 4.78. The van der Waals surface area contributed by atoms with E-state index in [-0.39, 0.29) is 0 Å². The first-order valence-electron chi connectivity index (χ1n) is 8.86. The molecule has 134 valence electrons. The smallest absolute Gasteiger partial charge is 0.344 e. The summed E-state index contributed by atoms with van der Waals surface area (Å²) in [5.74, 6) is 0. The zero-order valence-electron chi connectivity index (χ0n) is 14.7. The molecule has 4 nitrogen and oxygen atoms in total. The summed E-state index contributed by atoms with van der Waals surface area (Å²) in [6, 6.07) is 25.7. The summed E-state index contributed by atoms with van der Waals surface area (Å²) in [7, 11) is 0. The Morgan fingerprint density at radius 2 is 1.36 bits per heavy atom. The molecule has 0 amide bonds. The molecule has 0 radical (unpaired) electrons. The Balaban J connectivity index is 1.79. The molecule has 0 bridgehead atoms. The SMILES string of the molecule is O=c1cc(-c2ccccc2)c2cc(-c3cc4ccccc4oc3=O)ccc2o1. The minimum absolute atomic E-state index is 0.406. The maximum atomic E-state index is 12.5. The third kappa shape index (κ3) is 2.72. The van der Waals surface area contributed by atoms with Gasteiger partial charge in [0, 0.05) is 16.8 Å². The van der Waals surface area contributed by atoms with Gasteiger partial charge in [0.25, 0.3) is 0 Å². The topological polar surface area (TPSA) is 60.4 Å². The Kier molecular flexibility index (Phi) is 3.69. The molecular weight excluding hydrogens is 352 g/mol. The second kappa shape index (κ2) is 6.35. The van der Waals surface area contributed by atoms with E-state index in [1.807, 2.05) is 60.7 Å². The highest BCUT2D eigenvalue weighted by atomic mass is 16.4. The highest BCUT2D eigenvalue weighted by Gasteiger charge is 2.12. The lowest BCUT2D eigenvalue weighted by Gasteiger charge is -2.08. The van der Waals surface area contributed by atoms with Crippen LogP contribution in [0.2, 0.25) is 0 Å². The quantitative estimate of drug-likeness (QED) is 0.401. The van der Waals surface area contributed by atoms with Crippen molar-refractivity contribution in [2.75, 3.05) is 0 Å². The van der Waals surface area contributed by atoms with E-state index in [0.717, 1.165) is 21.9 Å². The lowest BCUT2D eigenvalue weighted by atomic mass is 9.98. The fourth-order valence-electron chi connectivity index (χ4n) is 3.45.